The molecule has 0 bridgehead atoms. The number of aliphatic imine (C=N–C) groups is 2. The topological polar surface area (TPSA) is 514 Å². The van der Waals surface area contributed by atoms with E-state index >= 15 is 0 Å². The number of benzene rings is 1. The second kappa shape index (κ2) is 36.1. The van der Waals surface area contributed by atoms with Crippen molar-refractivity contribution in [2.24, 2.45) is 50.5 Å². The van der Waals surface area contributed by atoms with Crippen LogP contribution in [0.2, 0.25) is 0 Å². The van der Waals surface area contributed by atoms with Gasteiger partial charge in [-0.15, -0.1) is 0 Å². The number of aliphatic carboxylic acids is 1. The van der Waals surface area contributed by atoms with Gasteiger partial charge in [-0.2, -0.15) is 0 Å². The van der Waals surface area contributed by atoms with Crippen molar-refractivity contribution in [1.29, 1.82) is 0 Å². The van der Waals surface area contributed by atoms with E-state index in [-0.39, 0.29) is 69.6 Å². The Balaban J connectivity index is 2.32. The number of carboxylic acid groups (broad SMARTS) is 1. The number of amides is 9. The third-order valence-corrected chi connectivity index (χ3v) is 12.7. The molecule has 0 aliphatic carbocycles. The zero-order valence-corrected chi connectivity index (χ0v) is 48.1. The number of imidazole rings is 1. The van der Waals surface area contributed by atoms with E-state index in [0.29, 0.717) is 24.1 Å². The highest BCUT2D eigenvalue weighted by molar-refractivity contribution is 5.98. The third-order valence-electron chi connectivity index (χ3n) is 12.7. The van der Waals surface area contributed by atoms with Crippen LogP contribution in [0.3, 0.4) is 0 Å². The number of aromatic amines is 1. The minimum absolute atomic E-state index is 0.0386. The van der Waals surface area contributed by atoms with Crippen LogP contribution < -0.4 is 71.2 Å². The number of carboxylic acids is 1. The van der Waals surface area contributed by atoms with Crippen molar-refractivity contribution >= 4 is 71.1 Å². The molecule has 462 valence electrons. The lowest BCUT2D eigenvalue weighted by Gasteiger charge is -2.32. The van der Waals surface area contributed by atoms with Crippen molar-refractivity contribution in [3.8, 4) is 0 Å². The monoisotopic (exact) mass is 1170 g/mol. The molecule has 1 unspecified atom stereocenters. The molecule has 1 aromatic carbocycles. The molecule has 2 aromatic rings. The van der Waals surface area contributed by atoms with Crippen molar-refractivity contribution in [2.45, 2.75) is 154 Å². The summed E-state index contributed by atoms with van der Waals surface area (Å²) in [4.78, 5) is 151. The summed E-state index contributed by atoms with van der Waals surface area (Å²) in [5, 5.41) is 51.0. The molecule has 0 spiro atoms. The maximum Gasteiger partial charge on any atom is 0.323 e. The van der Waals surface area contributed by atoms with E-state index < -0.39 is 139 Å². The number of rotatable bonds is 37. The van der Waals surface area contributed by atoms with Gasteiger partial charge in [0, 0.05) is 44.4 Å². The highest BCUT2D eigenvalue weighted by atomic mass is 16.4. The summed E-state index contributed by atoms with van der Waals surface area (Å²) in [6.45, 7) is 9.59. The van der Waals surface area contributed by atoms with E-state index in [2.05, 4.69) is 62.5 Å². The van der Waals surface area contributed by atoms with Gasteiger partial charge in [0.2, 0.25) is 53.2 Å². The van der Waals surface area contributed by atoms with Crippen molar-refractivity contribution in [1.82, 2.24) is 57.4 Å². The highest BCUT2D eigenvalue weighted by Gasteiger charge is 2.37. The highest BCUT2D eigenvalue weighted by Crippen LogP contribution is 2.15. The number of nitrogens with zero attached hydrogens (tertiary/aromatic N) is 4. The molecule has 1 heterocycles. The second-order valence-corrected chi connectivity index (χ2v) is 20.5. The van der Waals surface area contributed by atoms with Gasteiger partial charge in [-0.05, 0) is 63.9 Å². The lowest BCUT2D eigenvalue weighted by atomic mass is 9.96. The predicted molar refractivity (Wildman–Crippen MR) is 304 cm³/mol. The van der Waals surface area contributed by atoms with Gasteiger partial charge in [0.05, 0.1) is 31.1 Å². The van der Waals surface area contributed by atoms with E-state index in [1.54, 1.807) is 58.0 Å². The van der Waals surface area contributed by atoms with Crippen LogP contribution in [0.15, 0.2) is 52.8 Å². The van der Waals surface area contributed by atoms with E-state index in [1.165, 1.54) is 19.4 Å². The van der Waals surface area contributed by atoms with Crippen molar-refractivity contribution in [3.63, 3.8) is 0 Å². The van der Waals surface area contributed by atoms with Gasteiger partial charge >= 0.3 is 5.97 Å². The number of aliphatic hydroxyl groups excluding tert-OH is 2. The molecule has 9 amide bonds. The molecule has 0 saturated heterocycles. The van der Waals surface area contributed by atoms with Crippen LogP contribution in [0.1, 0.15) is 91.8 Å². The molecular formula is C52H86N18O13. The van der Waals surface area contributed by atoms with Gasteiger partial charge in [-0.3, -0.25) is 57.9 Å². The van der Waals surface area contributed by atoms with E-state index in [9.17, 15) is 63.3 Å². The molecular weight excluding hydrogens is 1080 g/mol. The number of aromatic nitrogens is 2. The Morgan fingerprint density at radius 1 is 0.639 bits per heavy atom. The summed E-state index contributed by atoms with van der Waals surface area (Å²) < 4.78 is 0. The molecule has 0 aliphatic rings. The maximum atomic E-state index is 14.2. The molecule has 2 rings (SSSR count). The Kier molecular flexibility index (Phi) is 30.7. The number of carbonyl (C=O) groups excluding carboxylic acids is 9. The normalized spacial score (nSPS) is 15.0. The SMILES string of the molecule is CCC(C)[C@H](NC(=O)[C@@H](CCCN=C(N)N)NC(=O)CNC(=O)[C@@H](NC(=O)[C@@H](NC(=O)[C@H](Cc1cnc[nH]1)NC(=O)[C@@H](Cc1ccccc1)NC(=O)[C@H](C)NC(=O)[C@@H](N)CCCN=C(N)N)[C@@H](C)O)[C@@H](C)O)C(=O)N(CC(=O)O)CC(C)C. The fourth-order valence-electron chi connectivity index (χ4n) is 8.06. The predicted octanol–water partition coefficient (Wildman–Crippen LogP) is -5.46. The van der Waals surface area contributed by atoms with Crippen LogP contribution in [0.4, 0.5) is 0 Å². The summed E-state index contributed by atoms with van der Waals surface area (Å²) in [6, 6.07) is -2.82. The Bertz CT molecular complexity index is 2510. The Morgan fingerprint density at radius 3 is 1.71 bits per heavy atom. The van der Waals surface area contributed by atoms with Crippen molar-refractivity contribution in [2.75, 3.05) is 32.7 Å². The standard InChI is InChI=1S/C52H86N18O13/c1-8-28(4)40(50(83)70(24-27(2)3)25-39(74)75)67-45(78)35(17-13-19-60-52(56)57)64-38(73)23-61-48(81)41(30(6)71)69-49(82)42(31(7)72)68-47(80)37(21-33-22-58-26-62-33)66-46(79)36(20-32-14-10-9-11-15-32)65-43(76)29(5)63-44(77)34(53)16-12-18-59-51(54)55/h9-11,14-15,22,26-31,34-37,40-42,71-72H,8,12-13,16-21,23-25,53H2,1-7H3,(H,58,62)(H,61,81)(H,63,77)(H,64,73)(H,65,76)(H,66,79)(H,67,78)(H,68,80)(H,69,82)(H,74,75)(H4,54,55,59)(H4,56,57,60)/t28?,29-,30+,31+,34-,35+,36+,37-,40-,41-,42-/m0/s1. The van der Waals surface area contributed by atoms with Gasteiger partial charge in [0.1, 0.15) is 48.8 Å². The molecule has 22 N–H and O–H groups in total. The average Bonchev–Trinajstić information content (AvgIpc) is 3.99. The summed E-state index contributed by atoms with van der Waals surface area (Å²) in [5.74, 6) is -10.3. The van der Waals surface area contributed by atoms with Crippen molar-refractivity contribution < 1.29 is 63.3 Å². The molecule has 0 radical (unpaired) electrons. The fraction of sp³-hybridized carbons (Fsp3) is 0.596. The molecule has 31 heteroatoms. The van der Waals surface area contributed by atoms with Crippen LogP contribution >= 0.6 is 0 Å². The molecule has 83 heavy (non-hydrogen) atoms. The minimum atomic E-state index is -1.85. The number of hydrogen-bond donors (Lipinski definition) is 17. The van der Waals surface area contributed by atoms with Crippen LogP contribution in [0.5, 0.6) is 0 Å². The molecule has 0 saturated carbocycles. The lowest BCUT2D eigenvalue weighted by molar-refractivity contribution is -0.147. The zero-order chi connectivity index (χ0) is 62.5. The Hall–Kier alpha value is -8.45. The zero-order valence-electron chi connectivity index (χ0n) is 48.1. The minimum Gasteiger partial charge on any atom is -0.480 e. The smallest absolute Gasteiger partial charge is 0.323 e. The second-order valence-electron chi connectivity index (χ2n) is 20.5. The first-order valence-electron chi connectivity index (χ1n) is 27.2. The molecule has 11 atom stereocenters. The average molecular weight is 1170 g/mol. The van der Waals surface area contributed by atoms with Gasteiger partial charge in [0.25, 0.3) is 0 Å². The molecule has 0 aliphatic heterocycles. The van der Waals surface area contributed by atoms with Crippen LogP contribution in [0.25, 0.3) is 0 Å². The van der Waals surface area contributed by atoms with E-state index in [4.69, 9.17) is 28.7 Å². The van der Waals surface area contributed by atoms with Gasteiger partial charge in [-0.25, -0.2) is 4.98 Å². The molecule has 1 aromatic heterocycles. The maximum absolute atomic E-state index is 14.2. The van der Waals surface area contributed by atoms with Crippen LogP contribution in [0, 0.1) is 11.8 Å². The van der Waals surface area contributed by atoms with Gasteiger partial charge < -0.3 is 96.4 Å². The first-order chi connectivity index (χ1) is 39.0. The number of H-pyrrole nitrogens is 1. The largest absolute Gasteiger partial charge is 0.480 e. The number of carbonyl (C=O) groups is 10. The number of nitrogens with two attached hydrogens (primary N) is 5. The molecule has 31 nitrogen and oxygen atoms in total. The fourth-order valence-corrected chi connectivity index (χ4v) is 8.06. The summed E-state index contributed by atoms with van der Waals surface area (Å²) >= 11 is 0. The van der Waals surface area contributed by atoms with Crippen LogP contribution in [-0.2, 0) is 60.8 Å². The van der Waals surface area contributed by atoms with Gasteiger partial charge in [0.15, 0.2) is 11.9 Å². The van der Waals surface area contributed by atoms with E-state index in [1.807, 2.05) is 0 Å². The number of nitrogens with one attached hydrogen (secondary N) is 9. The summed E-state index contributed by atoms with van der Waals surface area (Å²) in [6.07, 6.45) is -0.0189. The Morgan fingerprint density at radius 2 is 1.17 bits per heavy atom. The third kappa shape index (κ3) is 26.3. The van der Waals surface area contributed by atoms with Crippen LogP contribution in [-0.4, -0.2) is 195 Å². The summed E-state index contributed by atoms with van der Waals surface area (Å²) in [5.41, 5.74) is 28.5. The van der Waals surface area contributed by atoms with Crippen molar-refractivity contribution in [3.05, 3.63) is 54.1 Å². The number of aliphatic hydroxyl groups is 2. The quantitative estimate of drug-likeness (QED) is 0.0170. The van der Waals surface area contributed by atoms with E-state index in [0.717, 1.165) is 18.7 Å². The number of hydrogen-bond acceptors (Lipinski definition) is 16. The molecule has 0 fully saturated rings. The first kappa shape index (κ1) is 70.7. The van der Waals surface area contributed by atoms with Gasteiger partial charge in [-0.1, -0.05) is 64.4 Å². The number of guanidine groups is 2. The Labute approximate surface area is 481 Å². The first-order valence-corrected chi connectivity index (χ1v) is 27.2. The summed E-state index contributed by atoms with van der Waals surface area (Å²) in [7, 11) is 0. The lowest BCUT2D eigenvalue weighted by Crippen LogP contribution is -2.63.